The van der Waals surface area contributed by atoms with E-state index < -0.39 is 5.60 Å². The van der Waals surface area contributed by atoms with E-state index >= 15 is 0 Å². The Morgan fingerprint density at radius 1 is 1.31 bits per heavy atom. The normalized spacial score (nSPS) is 11.3. The summed E-state index contributed by atoms with van der Waals surface area (Å²) in [4.78, 5) is 13.0. The first-order chi connectivity index (χ1) is 7.33. The summed E-state index contributed by atoms with van der Waals surface area (Å²) in [6.07, 6.45) is 2.02. The summed E-state index contributed by atoms with van der Waals surface area (Å²) in [6.45, 7) is 7.61. The molecule has 1 aromatic rings. The second-order valence-electron chi connectivity index (χ2n) is 4.69. The highest BCUT2D eigenvalue weighted by Gasteiger charge is 2.18. The lowest BCUT2D eigenvalue weighted by atomic mass is 10.1. The first-order valence-corrected chi connectivity index (χ1v) is 6.44. The second-order valence-corrected chi connectivity index (χ2v) is 5.53. The predicted octanol–water partition coefficient (Wildman–Crippen LogP) is 3.67. The molecule has 0 radical (unpaired) electrons. The van der Waals surface area contributed by atoms with Crippen LogP contribution in [0.2, 0.25) is 0 Å². The Hall–Kier alpha value is -0.960. The monoisotopic (exact) mass is 238 g/mol. The standard InChI is InChI=1S/C13H18O2S/c1-9-8-10(6-7-11(9)16-5)12(14)15-13(2,3)4/h6-8H,1-5H3. The zero-order chi connectivity index (χ0) is 12.3. The molecule has 0 aromatic heterocycles. The number of ether oxygens (including phenoxy) is 1. The number of hydrogen-bond donors (Lipinski definition) is 0. The maximum absolute atomic E-state index is 11.8. The van der Waals surface area contributed by atoms with Crippen LogP contribution in [0, 0.1) is 6.92 Å². The largest absolute Gasteiger partial charge is 0.456 e. The van der Waals surface area contributed by atoms with Crippen molar-refractivity contribution in [2.45, 2.75) is 38.2 Å². The summed E-state index contributed by atoms with van der Waals surface area (Å²) in [5.74, 6) is -0.261. The van der Waals surface area contributed by atoms with E-state index in [0.717, 1.165) is 5.56 Å². The number of rotatable bonds is 2. The van der Waals surface area contributed by atoms with Crippen molar-refractivity contribution in [3.8, 4) is 0 Å². The number of benzene rings is 1. The van der Waals surface area contributed by atoms with Crippen LogP contribution >= 0.6 is 11.8 Å². The highest BCUT2D eigenvalue weighted by molar-refractivity contribution is 7.98. The van der Waals surface area contributed by atoms with E-state index in [2.05, 4.69) is 0 Å². The fourth-order valence-electron chi connectivity index (χ4n) is 1.34. The Morgan fingerprint density at radius 2 is 1.94 bits per heavy atom. The third-order valence-electron chi connectivity index (χ3n) is 2.03. The van der Waals surface area contributed by atoms with Crippen molar-refractivity contribution in [3.05, 3.63) is 29.3 Å². The van der Waals surface area contributed by atoms with Crippen LogP contribution in [0.1, 0.15) is 36.7 Å². The summed E-state index contributed by atoms with van der Waals surface area (Å²) in [5, 5.41) is 0. The Kier molecular flexibility index (Phi) is 4.03. The average molecular weight is 238 g/mol. The van der Waals surface area contributed by atoms with Gasteiger partial charge in [-0.1, -0.05) is 0 Å². The topological polar surface area (TPSA) is 26.3 Å². The van der Waals surface area contributed by atoms with Crippen LogP contribution in [0.5, 0.6) is 0 Å². The molecule has 88 valence electrons. The van der Waals surface area contributed by atoms with Gasteiger partial charge in [0.2, 0.25) is 0 Å². The number of esters is 1. The maximum atomic E-state index is 11.8. The van der Waals surface area contributed by atoms with E-state index in [1.165, 1.54) is 4.90 Å². The van der Waals surface area contributed by atoms with Crippen LogP contribution < -0.4 is 0 Å². The van der Waals surface area contributed by atoms with Crippen molar-refractivity contribution < 1.29 is 9.53 Å². The van der Waals surface area contributed by atoms with Gasteiger partial charge < -0.3 is 4.74 Å². The van der Waals surface area contributed by atoms with Crippen molar-refractivity contribution in [3.63, 3.8) is 0 Å². The molecular formula is C13H18O2S. The third kappa shape index (κ3) is 3.56. The minimum absolute atomic E-state index is 0.261. The molecule has 1 aromatic carbocycles. The van der Waals surface area contributed by atoms with E-state index in [-0.39, 0.29) is 5.97 Å². The van der Waals surface area contributed by atoms with Crippen molar-refractivity contribution in [1.29, 1.82) is 0 Å². The molecule has 16 heavy (non-hydrogen) atoms. The maximum Gasteiger partial charge on any atom is 0.338 e. The zero-order valence-electron chi connectivity index (χ0n) is 10.5. The lowest BCUT2D eigenvalue weighted by molar-refractivity contribution is 0.00693. The quantitative estimate of drug-likeness (QED) is 0.581. The molecule has 0 atom stereocenters. The Bertz CT molecular complexity index is 391. The minimum Gasteiger partial charge on any atom is -0.456 e. The zero-order valence-corrected chi connectivity index (χ0v) is 11.3. The summed E-state index contributed by atoms with van der Waals surface area (Å²) in [5.41, 5.74) is 1.28. The van der Waals surface area contributed by atoms with E-state index in [9.17, 15) is 4.79 Å². The first kappa shape index (κ1) is 13.1. The molecule has 0 saturated heterocycles. The lowest BCUT2D eigenvalue weighted by Crippen LogP contribution is -2.23. The highest BCUT2D eigenvalue weighted by atomic mass is 32.2. The van der Waals surface area contributed by atoms with Crippen molar-refractivity contribution in [2.75, 3.05) is 6.26 Å². The van der Waals surface area contributed by atoms with Crippen LogP contribution in [-0.4, -0.2) is 17.8 Å². The molecule has 1 rings (SSSR count). The van der Waals surface area contributed by atoms with E-state index in [4.69, 9.17) is 4.74 Å². The number of aryl methyl sites for hydroxylation is 1. The second kappa shape index (κ2) is 4.91. The third-order valence-corrected chi connectivity index (χ3v) is 2.93. The van der Waals surface area contributed by atoms with Crippen LogP contribution in [0.4, 0.5) is 0 Å². The van der Waals surface area contributed by atoms with Gasteiger partial charge in [0, 0.05) is 4.90 Å². The predicted molar refractivity (Wildman–Crippen MR) is 68.1 cm³/mol. The first-order valence-electron chi connectivity index (χ1n) is 5.21. The molecule has 0 amide bonds. The van der Waals surface area contributed by atoms with Gasteiger partial charge in [-0.3, -0.25) is 0 Å². The molecule has 0 bridgehead atoms. The van der Waals surface area contributed by atoms with E-state index in [1.807, 2.05) is 52.1 Å². The van der Waals surface area contributed by atoms with Gasteiger partial charge in [0.25, 0.3) is 0 Å². The van der Waals surface area contributed by atoms with Gasteiger partial charge in [0.15, 0.2) is 0 Å². The van der Waals surface area contributed by atoms with Crippen molar-refractivity contribution >= 4 is 17.7 Å². The summed E-state index contributed by atoms with van der Waals surface area (Å²) < 4.78 is 5.31. The molecule has 0 aliphatic rings. The molecular weight excluding hydrogens is 220 g/mol. The molecule has 0 heterocycles. The van der Waals surface area contributed by atoms with Crippen LogP contribution in [0.15, 0.2) is 23.1 Å². The minimum atomic E-state index is -0.441. The van der Waals surface area contributed by atoms with Gasteiger partial charge in [-0.2, -0.15) is 0 Å². The summed E-state index contributed by atoms with van der Waals surface area (Å²) in [6, 6.07) is 5.64. The van der Waals surface area contributed by atoms with Gasteiger partial charge in [-0.25, -0.2) is 4.79 Å². The Morgan fingerprint density at radius 3 is 2.38 bits per heavy atom. The highest BCUT2D eigenvalue weighted by Crippen LogP contribution is 2.22. The van der Waals surface area contributed by atoms with Crippen LogP contribution in [-0.2, 0) is 4.74 Å². The smallest absolute Gasteiger partial charge is 0.338 e. The summed E-state index contributed by atoms with van der Waals surface area (Å²) in [7, 11) is 0. The lowest BCUT2D eigenvalue weighted by Gasteiger charge is -2.19. The molecule has 0 fully saturated rings. The van der Waals surface area contributed by atoms with Gasteiger partial charge >= 0.3 is 5.97 Å². The van der Waals surface area contributed by atoms with Gasteiger partial charge in [-0.05, 0) is 57.7 Å². The van der Waals surface area contributed by atoms with Crippen LogP contribution in [0.25, 0.3) is 0 Å². The molecule has 0 aliphatic heterocycles. The van der Waals surface area contributed by atoms with E-state index in [1.54, 1.807) is 11.8 Å². The Labute approximate surface area is 101 Å². The summed E-state index contributed by atoms with van der Waals surface area (Å²) >= 11 is 1.68. The molecule has 3 heteroatoms. The molecule has 0 aliphatic carbocycles. The molecule has 0 N–H and O–H groups in total. The number of carbonyl (C=O) groups excluding carboxylic acids is 1. The SMILES string of the molecule is CSc1ccc(C(=O)OC(C)(C)C)cc1C. The van der Waals surface area contributed by atoms with Crippen molar-refractivity contribution in [2.24, 2.45) is 0 Å². The van der Waals surface area contributed by atoms with Gasteiger partial charge in [0.1, 0.15) is 5.60 Å². The molecule has 0 saturated carbocycles. The fraction of sp³-hybridized carbons (Fsp3) is 0.462. The fourth-order valence-corrected chi connectivity index (χ4v) is 1.93. The number of thioether (sulfide) groups is 1. The Balaban J connectivity index is 2.89. The van der Waals surface area contributed by atoms with Crippen molar-refractivity contribution in [1.82, 2.24) is 0 Å². The molecule has 0 spiro atoms. The number of carbonyl (C=O) groups is 1. The van der Waals surface area contributed by atoms with Gasteiger partial charge in [0.05, 0.1) is 5.56 Å². The molecule has 2 nitrogen and oxygen atoms in total. The molecule has 0 unspecified atom stereocenters. The average Bonchev–Trinajstić information content (AvgIpc) is 2.15. The number of hydrogen-bond acceptors (Lipinski definition) is 3. The van der Waals surface area contributed by atoms with E-state index in [0.29, 0.717) is 5.56 Å². The van der Waals surface area contributed by atoms with Crippen LogP contribution in [0.3, 0.4) is 0 Å². The van der Waals surface area contributed by atoms with Gasteiger partial charge in [-0.15, -0.1) is 11.8 Å².